The Morgan fingerprint density at radius 1 is 1.53 bits per heavy atom. The summed E-state index contributed by atoms with van der Waals surface area (Å²) in [5, 5.41) is 24.6. The number of rotatable bonds is 3. The van der Waals surface area contributed by atoms with Gasteiger partial charge in [0.05, 0.1) is 11.1 Å². The number of benzene rings is 1. The van der Waals surface area contributed by atoms with Gasteiger partial charge in [-0.2, -0.15) is 5.10 Å². The number of nitro benzene ring substituents is 1. The third-order valence-electron chi connectivity index (χ3n) is 1.87. The first-order valence-corrected chi connectivity index (χ1v) is 4.49. The highest BCUT2D eigenvalue weighted by molar-refractivity contribution is 5.80. The van der Waals surface area contributed by atoms with Gasteiger partial charge < -0.3 is 5.73 Å². The monoisotopic (exact) mass is 233 g/mol. The summed E-state index contributed by atoms with van der Waals surface area (Å²) in [5.74, 6) is 0.0340. The van der Waals surface area contributed by atoms with Crippen LogP contribution in [0, 0.1) is 10.1 Å². The van der Waals surface area contributed by atoms with Crippen LogP contribution in [0.1, 0.15) is 5.56 Å². The molecule has 17 heavy (non-hydrogen) atoms. The third kappa shape index (κ3) is 2.40. The number of nitrogen functional groups attached to an aromatic ring is 1. The van der Waals surface area contributed by atoms with E-state index in [9.17, 15) is 10.1 Å². The zero-order valence-corrected chi connectivity index (χ0v) is 8.46. The van der Waals surface area contributed by atoms with Crippen molar-refractivity contribution in [3.05, 3.63) is 39.9 Å². The molecule has 1 aromatic heterocycles. The van der Waals surface area contributed by atoms with Gasteiger partial charge in [0.25, 0.3) is 11.6 Å². The molecule has 0 atom stereocenters. The number of non-ortho nitro benzene ring substituents is 1. The predicted octanol–water partition coefficient (Wildman–Crippen LogP) is 0.0457. The highest BCUT2D eigenvalue weighted by atomic mass is 16.6. The Balaban J connectivity index is 2.24. The van der Waals surface area contributed by atoms with E-state index in [2.05, 4.69) is 20.6 Å². The van der Waals surface area contributed by atoms with E-state index in [4.69, 9.17) is 5.73 Å². The summed E-state index contributed by atoms with van der Waals surface area (Å²) in [6, 6.07) is 5.99. The van der Waals surface area contributed by atoms with Gasteiger partial charge in [0.15, 0.2) is 0 Å². The van der Waals surface area contributed by atoms with E-state index in [0.29, 0.717) is 5.56 Å². The first kappa shape index (κ1) is 10.7. The standard InChI is InChI=1S/C8H7N7O2/c9-8-11-12-13-14(8)10-5-6-2-1-3-7(4-6)15(16)17/h1-5H,(H2,9,11,13). The summed E-state index contributed by atoms with van der Waals surface area (Å²) >= 11 is 0. The molecule has 2 N–H and O–H groups in total. The van der Waals surface area contributed by atoms with Gasteiger partial charge in [-0.1, -0.05) is 22.0 Å². The summed E-state index contributed by atoms with van der Waals surface area (Å²) < 4.78 is 0. The number of tetrazole rings is 1. The van der Waals surface area contributed by atoms with Crippen molar-refractivity contribution in [3.63, 3.8) is 0 Å². The lowest BCUT2D eigenvalue weighted by atomic mass is 10.2. The Hall–Kier alpha value is -2.84. The number of nitro groups is 1. The molecule has 0 amide bonds. The molecule has 0 unspecified atom stereocenters. The number of nitrogens with two attached hydrogens (primary N) is 1. The molecule has 0 aliphatic heterocycles. The maximum Gasteiger partial charge on any atom is 0.270 e. The fourth-order valence-corrected chi connectivity index (χ4v) is 1.11. The average molecular weight is 233 g/mol. The highest BCUT2D eigenvalue weighted by Gasteiger charge is 2.04. The molecule has 9 nitrogen and oxygen atoms in total. The van der Waals surface area contributed by atoms with E-state index in [0.717, 1.165) is 4.79 Å². The van der Waals surface area contributed by atoms with E-state index >= 15 is 0 Å². The molecule has 0 fully saturated rings. The molecule has 2 aromatic rings. The zero-order chi connectivity index (χ0) is 12.3. The summed E-state index contributed by atoms with van der Waals surface area (Å²) in [4.78, 5) is 11.1. The SMILES string of the molecule is Nc1nnnn1N=Cc1cccc([N+](=O)[O-])c1. The molecule has 0 spiro atoms. The van der Waals surface area contributed by atoms with Crippen molar-refractivity contribution in [2.24, 2.45) is 5.10 Å². The van der Waals surface area contributed by atoms with Crippen molar-refractivity contribution in [2.45, 2.75) is 0 Å². The minimum absolute atomic E-state index is 0.0152. The maximum absolute atomic E-state index is 10.5. The third-order valence-corrected chi connectivity index (χ3v) is 1.87. The van der Waals surface area contributed by atoms with Gasteiger partial charge in [-0.15, -0.1) is 0 Å². The molecular weight excluding hydrogens is 226 g/mol. The molecule has 0 saturated carbocycles. The number of hydrogen-bond donors (Lipinski definition) is 1. The van der Waals surface area contributed by atoms with Crippen LogP contribution in [-0.4, -0.2) is 31.5 Å². The van der Waals surface area contributed by atoms with Crippen LogP contribution in [0.3, 0.4) is 0 Å². The Morgan fingerprint density at radius 2 is 2.35 bits per heavy atom. The topological polar surface area (TPSA) is 125 Å². The fraction of sp³-hybridized carbons (Fsp3) is 0. The van der Waals surface area contributed by atoms with Crippen molar-refractivity contribution in [1.82, 2.24) is 20.3 Å². The van der Waals surface area contributed by atoms with Crippen molar-refractivity contribution < 1.29 is 4.92 Å². The molecule has 0 bridgehead atoms. The molecular formula is C8H7N7O2. The van der Waals surface area contributed by atoms with E-state index in [-0.39, 0.29) is 11.6 Å². The van der Waals surface area contributed by atoms with Crippen LogP contribution >= 0.6 is 0 Å². The van der Waals surface area contributed by atoms with Crippen LogP contribution in [-0.2, 0) is 0 Å². The Kier molecular flexibility index (Phi) is 2.73. The van der Waals surface area contributed by atoms with Crippen molar-refractivity contribution in [2.75, 3.05) is 5.73 Å². The number of nitrogens with zero attached hydrogens (tertiary/aromatic N) is 6. The maximum atomic E-state index is 10.5. The Morgan fingerprint density at radius 3 is 3.00 bits per heavy atom. The molecule has 0 aliphatic carbocycles. The lowest BCUT2D eigenvalue weighted by Crippen LogP contribution is -1.99. The van der Waals surface area contributed by atoms with Crippen LogP contribution < -0.4 is 5.73 Å². The summed E-state index contributed by atoms with van der Waals surface area (Å²) in [5.41, 5.74) is 5.92. The lowest BCUT2D eigenvalue weighted by molar-refractivity contribution is -0.384. The van der Waals surface area contributed by atoms with Gasteiger partial charge >= 0.3 is 0 Å². The molecule has 0 saturated heterocycles. The van der Waals surface area contributed by atoms with Gasteiger partial charge in [0.1, 0.15) is 0 Å². The summed E-state index contributed by atoms with van der Waals surface area (Å²) in [6.07, 6.45) is 1.37. The summed E-state index contributed by atoms with van der Waals surface area (Å²) in [7, 11) is 0. The van der Waals surface area contributed by atoms with Crippen LogP contribution in [0.15, 0.2) is 29.4 Å². The van der Waals surface area contributed by atoms with Gasteiger partial charge in [-0.05, 0) is 10.4 Å². The Bertz CT molecular complexity index is 577. The van der Waals surface area contributed by atoms with Crippen LogP contribution in [0.2, 0.25) is 0 Å². The van der Waals surface area contributed by atoms with Gasteiger partial charge in [0, 0.05) is 17.7 Å². The van der Waals surface area contributed by atoms with Crippen LogP contribution in [0.5, 0.6) is 0 Å². The van der Waals surface area contributed by atoms with Gasteiger partial charge in [-0.25, -0.2) is 0 Å². The second-order valence-electron chi connectivity index (χ2n) is 3.02. The normalized spacial score (nSPS) is 10.8. The predicted molar refractivity (Wildman–Crippen MR) is 58.3 cm³/mol. The molecule has 86 valence electrons. The quantitative estimate of drug-likeness (QED) is 0.453. The Labute approximate surface area is 94.7 Å². The first-order chi connectivity index (χ1) is 8.16. The van der Waals surface area contributed by atoms with Crippen molar-refractivity contribution in [3.8, 4) is 0 Å². The lowest BCUT2D eigenvalue weighted by Gasteiger charge is -1.94. The van der Waals surface area contributed by atoms with Crippen molar-refractivity contribution >= 4 is 17.9 Å². The van der Waals surface area contributed by atoms with Gasteiger partial charge in [0.2, 0.25) is 0 Å². The van der Waals surface area contributed by atoms with Gasteiger partial charge in [-0.3, -0.25) is 10.1 Å². The zero-order valence-electron chi connectivity index (χ0n) is 8.46. The number of aromatic nitrogens is 4. The van der Waals surface area contributed by atoms with Crippen LogP contribution in [0.25, 0.3) is 0 Å². The van der Waals surface area contributed by atoms with Crippen molar-refractivity contribution in [1.29, 1.82) is 0 Å². The average Bonchev–Trinajstić information content (AvgIpc) is 2.72. The second-order valence-corrected chi connectivity index (χ2v) is 3.02. The largest absolute Gasteiger partial charge is 0.365 e. The number of anilines is 1. The van der Waals surface area contributed by atoms with E-state index in [1.54, 1.807) is 12.1 Å². The minimum Gasteiger partial charge on any atom is -0.365 e. The fourth-order valence-electron chi connectivity index (χ4n) is 1.11. The smallest absolute Gasteiger partial charge is 0.270 e. The number of hydrogen-bond acceptors (Lipinski definition) is 7. The molecule has 2 rings (SSSR count). The van der Waals surface area contributed by atoms with E-state index in [1.165, 1.54) is 18.3 Å². The molecule has 9 heteroatoms. The molecule has 1 heterocycles. The highest BCUT2D eigenvalue weighted by Crippen LogP contribution is 2.11. The molecule has 0 aliphatic rings. The second kappa shape index (κ2) is 4.35. The minimum atomic E-state index is -0.483. The van der Waals surface area contributed by atoms with Crippen LogP contribution in [0.4, 0.5) is 11.6 Å². The molecule has 0 radical (unpaired) electrons. The summed E-state index contributed by atoms with van der Waals surface area (Å²) in [6.45, 7) is 0. The first-order valence-electron chi connectivity index (χ1n) is 4.49. The van der Waals surface area contributed by atoms with E-state index in [1.807, 2.05) is 0 Å². The molecule has 1 aromatic carbocycles. The van der Waals surface area contributed by atoms with E-state index < -0.39 is 4.92 Å².